The number of hydrogen-bond donors (Lipinski definition) is 2. The van der Waals surface area contributed by atoms with Gasteiger partial charge in [-0.15, -0.1) is 0 Å². The summed E-state index contributed by atoms with van der Waals surface area (Å²) in [5, 5.41) is 7.28. The van der Waals surface area contributed by atoms with E-state index in [9.17, 15) is 4.79 Å². The summed E-state index contributed by atoms with van der Waals surface area (Å²) in [7, 11) is 4.62. The Morgan fingerprint density at radius 1 is 1.00 bits per heavy atom. The molecule has 1 amide bonds. The van der Waals surface area contributed by atoms with Crippen molar-refractivity contribution in [3.63, 3.8) is 0 Å². The van der Waals surface area contributed by atoms with E-state index in [1.807, 2.05) is 10.5 Å². The minimum Gasteiger partial charge on any atom is -0.495 e. The fourth-order valence-corrected chi connectivity index (χ4v) is 5.01. The summed E-state index contributed by atoms with van der Waals surface area (Å²) in [6.07, 6.45) is 6.27. The third kappa shape index (κ3) is 5.62. The molecule has 0 bridgehead atoms. The Labute approximate surface area is 251 Å². The molecule has 2 aromatic carbocycles. The number of halogens is 2. The van der Waals surface area contributed by atoms with Crippen molar-refractivity contribution in [2.75, 3.05) is 45.2 Å². The van der Waals surface area contributed by atoms with E-state index >= 15 is 0 Å². The van der Waals surface area contributed by atoms with Crippen molar-refractivity contribution < 1.29 is 23.7 Å². The van der Waals surface area contributed by atoms with Gasteiger partial charge in [0.05, 0.1) is 42.2 Å². The van der Waals surface area contributed by atoms with Crippen LogP contribution in [0, 0.1) is 0 Å². The average Bonchev–Trinajstić information content (AvgIpc) is 3.49. The monoisotopic (exact) mass is 608 g/mol. The number of methoxy groups -OCH3 is 3. The molecule has 0 unspecified atom stereocenters. The number of fused-ring (bicyclic) bond motifs is 3. The van der Waals surface area contributed by atoms with Crippen LogP contribution >= 0.6 is 23.2 Å². The van der Waals surface area contributed by atoms with Gasteiger partial charge in [-0.3, -0.25) is 9.20 Å². The standard InChI is InChI=1S/C29H26Cl2N6O5/c1-5-23(38)34-20-13-17(42-11-10-39-2)6-7-19(20)35-29-33-15-16-12-18(28-32-8-9-37(28)27(16)36-29)24-25(30)21(40-3)14-22(41-4)26(24)31/h5-9,12-15H,1,10-11H2,2-4H3,(H,34,38)(H,33,35,36). The quantitative estimate of drug-likeness (QED) is 0.134. The van der Waals surface area contributed by atoms with Gasteiger partial charge in [-0.25, -0.2) is 9.97 Å². The summed E-state index contributed by atoms with van der Waals surface area (Å²) in [5.74, 6) is 1.26. The first kappa shape index (κ1) is 28.9. The maximum Gasteiger partial charge on any atom is 0.247 e. The summed E-state index contributed by atoms with van der Waals surface area (Å²) < 4.78 is 23.4. The van der Waals surface area contributed by atoms with Gasteiger partial charge in [0.2, 0.25) is 11.9 Å². The van der Waals surface area contributed by atoms with Crippen molar-refractivity contribution in [2.24, 2.45) is 0 Å². The molecule has 0 radical (unpaired) electrons. The molecule has 0 saturated heterocycles. The number of rotatable bonds is 11. The van der Waals surface area contributed by atoms with Crippen LogP contribution in [0.15, 0.2) is 61.6 Å². The van der Waals surface area contributed by atoms with Crippen LogP contribution in [0.25, 0.3) is 27.8 Å². The first-order valence-electron chi connectivity index (χ1n) is 12.6. The van der Waals surface area contributed by atoms with Gasteiger partial charge in [-0.05, 0) is 24.3 Å². The molecule has 3 heterocycles. The zero-order chi connectivity index (χ0) is 29.8. The second kappa shape index (κ2) is 12.5. The molecule has 216 valence electrons. The number of anilines is 3. The van der Waals surface area contributed by atoms with Gasteiger partial charge in [0, 0.05) is 54.3 Å². The Morgan fingerprint density at radius 3 is 2.45 bits per heavy atom. The Bertz CT molecular complexity index is 1780. The highest BCUT2D eigenvalue weighted by Crippen LogP contribution is 2.47. The minimum atomic E-state index is -0.384. The number of carbonyl (C=O) groups excluding carboxylic acids is 1. The predicted molar refractivity (Wildman–Crippen MR) is 163 cm³/mol. The van der Waals surface area contributed by atoms with E-state index in [0.717, 1.165) is 0 Å². The number of imidazole rings is 1. The summed E-state index contributed by atoms with van der Waals surface area (Å²) in [5.41, 5.74) is 3.28. The highest BCUT2D eigenvalue weighted by atomic mass is 35.5. The lowest BCUT2D eigenvalue weighted by molar-refractivity contribution is -0.111. The molecule has 5 rings (SSSR count). The minimum absolute atomic E-state index is 0.284. The molecule has 0 aliphatic rings. The van der Waals surface area contributed by atoms with Crippen LogP contribution in [0.2, 0.25) is 10.0 Å². The molecule has 0 saturated carbocycles. The molecule has 0 fully saturated rings. The number of carbonyl (C=O) groups is 1. The number of aromatic nitrogens is 4. The van der Waals surface area contributed by atoms with Crippen LogP contribution in [0.1, 0.15) is 0 Å². The number of hydrogen-bond acceptors (Lipinski definition) is 9. The van der Waals surface area contributed by atoms with Gasteiger partial charge < -0.3 is 29.6 Å². The van der Waals surface area contributed by atoms with Gasteiger partial charge in [0.25, 0.3) is 0 Å². The van der Waals surface area contributed by atoms with E-state index in [2.05, 4.69) is 27.2 Å². The lowest BCUT2D eigenvalue weighted by Crippen LogP contribution is -2.11. The van der Waals surface area contributed by atoms with Crippen LogP contribution in [0.4, 0.5) is 17.3 Å². The normalized spacial score (nSPS) is 11.0. The molecule has 3 aromatic heterocycles. The van der Waals surface area contributed by atoms with E-state index in [4.69, 9.17) is 47.1 Å². The van der Waals surface area contributed by atoms with E-state index in [1.54, 1.807) is 50.0 Å². The molecule has 42 heavy (non-hydrogen) atoms. The van der Waals surface area contributed by atoms with Gasteiger partial charge >= 0.3 is 0 Å². The fraction of sp³-hybridized carbons (Fsp3) is 0.172. The number of pyridine rings is 1. The number of benzene rings is 2. The third-order valence-corrected chi connectivity index (χ3v) is 7.04. The maximum atomic E-state index is 12.1. The van der Waals surface area contributed by atoms with Crippen LogP contribution in [-0.4, -0.2) is 59.8 Å². The molecular weight excluding hydrogens is 583 g/mol. The van der Waals surface area contributed by atoms with Crippen LogP contribution in [0.3, 0.4) is 0 Å². The van der Waals surface area contributed by atoms with E-state index in [1.165, 1.54) is 20.3 Å². The number of ether oxygens (including phenoxy) is 4. The SMILES string of the molecule is C=CC(=O)Nc1cc(OCCOC)ccc1Nc1ncc2cc(-c3c(Cl)c(OC)cc(OC)c3Cl)c3nccn3c2n1. The Hall–Kier alpha value is -4.58. The lowest BCUT2D eigenvalue weighted by atomic mass is 10.0. The Balaban J connectivity index is 1.57. The average molecular weight is 609 g/mol. The molecular formula is C29H26Cl2N6O5. The van der Waals surface area contributed by atoms with Crippen molar-refractivity contribution in [1.82, 2.24) is 19.4 Å². The van der Waals surface area contributed by atoms with Gasteiger partial charge in [-0.2, -0.15) is 4.98 Å². The summed E-state index contributed by atoms with van der Waals surface area (Å²) in [6, 6.07) is 8.69. The van der Waals surface area contributed by atoms with Gasteiger partial charge in [0.15, 0.2) is 5.65 Å². The van der Waals surface area contributed by atoms with Gasteiger partial charge in [0.1, 0.15) is 29.5 Å². The second-order valence-corrected chi connectivity index (χ2v) is 9.56. The first-order valence-corrected chi connectivity index (χ1v) is 13.3. The van der Waals surface area contributed by atoms with Crippen molar-refractivity contribution in [2.45, 2.75) is 0 Å². The molecule has 0 aliphatic carbocycles. The molecule has 13 heteroatoms. The second-order valence-electron chi connectivity index (χ2n) is 8.80. The Morgan fingerprint density at radius 2 is 1.76 bits per heavy atom. The van der Waals surface area contributed by atoms with Crippen LogP contribution < -0.4 is 24.8 Å². The molecule has 11 nitrogen and oxygen atoms in total. The van der Waals surface area contributed by atoms with E-state index in [0.29, 0.717) is 79.7 Å². The smallest absolute Gasteiger partial charge is 0.247 e. The van der Waals surface area contributed by atoms with Crippen molar-refractivity contribution in [3.05, 3.63) is 71.6 Å². The highest BCUT2D eigenvalue weighted by Gasteiger charge is 2.22. The molecule has 2 N–H and O–H groups in total. The number of nitrogens with one attached hydrogen (secondary N) is 2. The third-order valence-electron chi connectivity index (χ3n) is 6.29. The predicted octanol–water partition coefficient (Wildman–Crippen LogP) is 6.16. The topological polar surface area (TPSA) is 121 Å². The van der Waals surface area contributed by atoms with E-state index < -0.39 is 0 Å². The summed E-state index contributed by atoms with van der Waals surface area (Å²) in [6.45, 7) is 4.31. The zero-order valence-corrected chi connectivity index (χ0v) is 24.4. The zero-order valence-electron chi connectivity index (χ0n) is 22.9. The molecule has 0 spiro atoms. The van der Waals surface area contributed by atoms with Crippen molar-refractivity contribution in [3.8, 4) is 28.4 Å². The largest absolute Gasteiger partial charge is 0.495 e. The van der Waals surface area contributed by atoms with Crippen LogP contribution in [0.5, 0.6) is 17.2 Å². The molecule has 0 atom stereocenters. The van der Waals surface area contributed by atoms with E-state index in [-0.39, 0.29) is 11.9 Å². The number of amides is 1. The number of nitrogens with zero attached hydrogens (tertiary/aromatic N) is 4. The highest BCUT2D eigenvalue weighted by molar-refractivity contribution is 6.41. The Kier molecular flexibility index (Phi) is 8.62. The molecule has 0 aliphatic heterocycles. The van der Waals surface area contributed by atoms with Crippen molar-refractivity contribution in [1.29, 1.82) is 0 Å². The first-order chi connectivity index (χ1) is 20.4. The maximum absolute atomic E-state index is 12.1. The van der Waals surface area contributed by atoms with Gasteiger partial charge in [-0.1, -0.05) is 29.8 Å². The fourth-order valence-electron chi connectivity index (χ4n) is 4.31. The van der Waals surface area contributed by atoms with Crippen molar-refractivity contribution >= 4 is 63.1 Å². The summed E-state index contributed by atoms with van der Waals surface area (Å²) >= 11 is 13.5. The van der Waals surface area contributed by atoms with Crippen LogP contribution in [-0.2, 0) is 9.53 Å². The lowest BCUT2D eigenvalue weighted by Gasteiger charge is -2.16. The summed E-state index contributed by atoms with van der Waals surface area (Å²) in [4.78, 5) is 25.9. The molecule has 5 aromatic rings.